The van der Waals surface area contributed by atoms with E-state index < -0.39 is 10.0 Å². The van der Waals surface area contributed by atoms with Crippen LogP contribution in [0.4, 0.5) is 9.18 Å². The van der Waals surface area contributed by atoms with Crippen molar-refractivity contribution in [2.24, 2.45) is 0 Å². The molecule has 1 amide bonds. The number of amides is 1. The molecule has 152 valence electrons. The van der Waals surface area contributed by atoms with Crippen molar-refractivity contribution < 1.29 is 17.6 Å². The number of sulfonamides is 1. The number of piperidine rings is 1. The second-order valence-electron chi connectivity index (χ2n) is 7.16. The number of nitrogens with zero attached hydrogens (tertiary/aromatic N) is 2. The highest BCUT2D eigenvalue weighted by atomic mass is 32.2. The Labute approximate surface area is 169 Å². The highest BCUT2D eigenvalue weighted by molar-refractivity contribution is 7.89. The molecule has 1 aromatic heterocycles. The summed E-state index contributed by atoms with van der Waals surface area (Å²) in [6.07, 6.45) is 4.44. The summed E-state index contributed by atoms with van der Waals surface area (Å²) in [4.78, 5) is 12.7. The Hall–Kier alpha value is -2.71. The quantitative estimate of drug-likeness (QED) is 0.706. The van der Waals surface area contributed by atoms with Crippen LogP contribution in [0.15, 0.2) is 59.6 Å². The fraction of sp³-hybridized carbons (Fsp3) is 0.286. The van der Waals surface area contributed by atoms with E-state index >= 15 is 0 Å². The summed E-state index contributed by atoms with van der Waals surface area (Å²) in [5.74, 6) is -0.352. The number of benzene rings is 2. The van der Waals surface area contributed by atoms with E-state index in [2.05, 4.69) is 5.32 Å². The van der Waals surface area contributed by atoms with E-state index in [1.807, 2.05) is 0 Å². The van der Waals surface area contributed by atoms with Crippen LogP contribution >= 0.6 is 0 Å². The molecule has 0 radical (unpaired) electrons. The lowest BCUT2D eigenvalue weighted by Crippen LogP contribution is -2.35. The van der Waals surface area contributed by atoms with Gasteiger partial charge in [-0.15, -0.1) is 0 Å². The molecule has 1 aliphatic rings. The van der Waals surface area contributed by atoms with Gasteiger partial charge in [0.2, 0.25) is 10.0 Å². The summed E-state index contributed by atoms with van der Waals surface area (Å²) in [6.45, 7) is 1.38. The van der Waals surface area contributed by atoms with Crippen molar-refractivity contribution in [3.05, 3.63) is 66.1 Å². The van der Waals surface area contributed by atoms with Crippen LogP contribution in [-0.4, -0.2) is 36.4 Å². The number of hydrogen-bond donors (Lipinski definition) is 1. The monoisotopic (exact) mass is 415 g/mol. The van der Waals surface area contributed by atoms with Crippen molar-refractivity contribution in [2.75, 3.05) is 13.1 Å². The molecule has 2 aromatic carbocycles. The minimum absolute atomic E-state index is 0.254. The van der Waals surface area contributed by atoms with Gasteiger partial charge in [-0.25, -0.2) is 17.6 Å². The van der Waals surface area contributed by atoms with E-state index in [0.717, 1.165) is 24.8 Å². The maximum absolute atomic E-state index is 13.3. The number of halogens is 1. The SMILES string of the molecule is O=C(NCc1ccc(S(=O)(=O)N2CCCCC2)cc1)n1ccc2cc(F)ccc21. The lowest BCUT2D eigenvalue weighted by Gasteiger charge is -2.25. The molecule has 0 saturated carbocycles. The third kappa shape index (κ3) is 4.04. The first-order valence-corrected chi connectivity index (χ1v) is 11.0. The average Bonchev–Trinajstić information content (AvgIpc) is 3.16. The van der Waals surface area contributed by atoms with Crippen molar-refractivity contribution in [3.63, 3.8) is 0 Å². The van der Waals surface area contributed by atoms with Crippen molar-refractivity contribution in [3.8, 4) is 0 Å². The van der Waals surface area contributed by atoms with E-state index in [1.165, 1.54) is 21.0 Å². The molecule has 1 aliphatic heterocycles. The molecule has 0 atom stereocenters. The van der Waals surface area contributed by atoms with Crippen molar-refractivity contribution in [1.82, 2.24) is 14.2 Å². The molecule has 1 fully saturated rings. The van der Waals surface area contributed by atoms with Gasteiger partial charge in [0, 0.05) is 31.2 Å². The van der Waals surface area contributed by atoms with Crippen LogP contribution in [0.1, 0.15) is 24.8 Å². The molecule has 0 unspecified atom stereocenters. The topological polar surface area (TPSA) is 71.4 Å². The summed E-state index contributed by atoms with van der Waals surface area (Å²) >= 11 is 0. The molecule has 3 aromatic rings. The predicted molar refractivity (Wildman–Crippen MR) is 109 cm³/mol. The summed E-state index contributed by atoms with van der Waals surface area (Å²) in [5.41, 5.74) is 1.41. The molecule has 2 heterocycles. The Balaban J connectivity index is 1.43. The Morgan fingerprint density at radius 1 is 1.00 bits per heavy atom. The lowest BCUT2D eigenvalue weighted by molar-refractivity contribution is 0.243. The molecular weight excluding hydrogens is 393 g/mol. The molecule has 8 heteroatoms. The van der Waals surface area contributed by atoms with Gasteiger partial charge in [0.05, 0.1) is 10.4 Å². The number of hydrogen-bond acceptors (Lipinski definition) is 3. The van der Waals surface area contributed by atoms with Gasteiger partial charge in [0.1, 0.15) is 5.82 Å². The fourth-order valence-electron chi connectivity index (χ4n) is 3.59. The van der Waals surface area contributed by atoms with Gasteiger partial charge in [0.25, 0.3) is 0 Å². The number of aromatic nitrogens is 1. The Morgan fingerprint density at radius 3 is 2.45 bits per heavy atom. The number of rotatable bonds is 4. The van der Waals surface area contributed by atoms with Crippen LogP contribution in [0.5, 0.6) is 0 Å². The van der Waals surface area contributed by atoms with Gasteiger partial charge < -0.3 is 5.32 Å². The molecule has 4 rings (SSSR count). The van der Waals surface area contributed by atoms with Crippen molar-refractivity contribution in [1.29, 1.82) is 0 Å². The normalized spacial score (nSPS) is 15.5. The fourth-order valence-corrected chi connectivity index (χ4v) is 5.10. The number of carbonyl (C=O) groups is 1. The largest absolute Gasteiger partial charge is 0.333 e. The van der Waals surface area contributed by atoms with Crippen molar-refractivity contribution >= 4 is 27.0 Å². The highest BCUT2D eigenvalue weighted by Crippen LogP contribution is 2.21. The van der Waals surface area contributed by atoms with Gasteiger partial charge in [-0.3, -0.25) is 4.57 Å². The smallest absolute Gasteiger partial charge is 0.326 e. The lowest BCUT2D eigenvalue weighted by atomic mass is 10.2. The Morgan fingerprint density at radius 2 is 1.72 bits per heavy atom. The maximum Gasteiger partial charge on any atom is 0.326 e. The second kappa shape index (κ2) is 7.96. The first-order chi connectivity index (χ1) is 13.9. The number of nitrogens with one attached hydrogen (secondary N) is 1. The second-order valence-corrected chi connectivity index (χ2v) is 9.09. The van der Waals surface area contributed by atoms with Crippen LogP contribution in [0.2, 0.25) is 0 Å². The van der Waals surface area contributed by atoms with E-state index in [-0.39, 0.29) is 23.3 Å². The number of carbonyl (C=O) groups excluding carboxylic acids is 1. The highest BCUT2D eigenvalue weighted by Gasteiger charge is 2.25. The van der Waals surface area contributed by atoms with E-state index in [9.17, 15) is 17.6 Å². The summed E-state index contributed by atoms with van der Waals surface area (Å²) in [7, 11) is -3.46. The first-order valence-electron chi connectivity index (χ1n) is 9.59. The Kier molecular flexibility index (Phi) is 5.38. The molecule has 0 spiro atoms. The van der Waals surface area contributed by atoms with Gasteiger partial charge in [0.15, 0.2) is 0 Å². The molecule has 6 nitrogen and oxygen atoms in total. The third-order valence-corrected chi connectivity index (χ3v) is 7.10. The average molecular weight is 415 g/mol. The molecule has 0 aliphatic carbocycles. The summed E-state index contributed by atoms with van der Waals surface area (Å²) in [6, 6.07) is 12.2. The zero-order valence-corrected chi connectivity index (χ0v) is 16.7. The van der Waals surface area contributed by atoms with Gasteiger partial charge >= 0.3 is 6.03 Å². The van der Waals surface area contributed by atoms with Crippen molar-refractivity contribution in [2.45, 2.75) is 30.7 Å². The zero-order valence-electron chi connectivity index (χ0n) is 15.8. The standard InChI is InChI=1S/C21H22FN3O3S/c22-18-6-9-20-17(14-18)10-13-25(20)21(26)23-15-16-4-7-19(8-5-16)29(27,28)24-11-2-1-3-12-24/h4-10,13-14H,1-3,11-12,15H2,(H,23,26). The van der Waals surface area contributed by atoms with Crippen LogP contribution < -0.4 is 5.32 Å². The minimum atomic E-state index is -3.46. The minimum Gasteiger partial charge on any atom is -0.333 e. The van der Waals surface area contributed by atoms with Crippen LogP contribution in [0, 0.1) is 5.82 Å². The Bertz CT molecular complexity index is 1130. The van der Waals surface area contributed by atoms with Crippen LogP contribution in [-0.2, 0) is 16.6 Å². The molecule has 1 saturated heterocycles. The van der Waals surface area contributed by atoms with E-state index in [4.69, 9.17) is 0 Å². The van der Waals surface area contributed by atoms with Crippen LogP contribution in [0.3, 0.4) is 0 Å². The van der Waals surface area contributed by atoms with E-state index in [1.54, 1.807) is 42.6 Å². The van der Waals surface area contributed by atoms with Gasteiger partial charge in [-0.2, -0.15) is 4.31 Å². The maximum atomic E-state index is 13.3. The molecular formula is C21H22FN3O3S. The zero-order chi connectivity index (χ0) is 20.4. The van der Waals surface area contributed by atoms with Crippen LogP contribution in [0.25, 0.3) is 10.9 Å². The third-order valence-electron chi connectivity index (χ3n) is 5.19. The van der Waals surface area contributed by atoms with Gasteiger partial charge in [-0.1, -0.05) is 18.6 Å². The summed E-state index contributed by atoms with van der Waals surface area (Å²) in [5, 5.41) is 3.45. The molecule has 29 heavy (non-hydrogen) atoms. The number of fused-ring (bicyclic) bond motifs is 1. The van der Waals surface area contributed by atoms with E-state index in [0.29, 0.717) is 24.0 Å². The molecule has 1 N–H and O–H groups in total. The first kappa shape index (κ1) is 19.6. The predicted octanol–water partition coefficient (Wildman–Crippen LogP) is 3.71. The molecule has 0 bridgehead atoms. The summed E-state index contributed by atoms with van der Waals surface area (Å²) < 4.78 is 41.6. The van der Waals surface area contributed by atoms with Gasteiger partial charge in [-0.05, 0) is 54.8 Å².